The standard InChI is InChI=1S/C18H21N5/c1-11-3-5-13-7-8-14-6-4-12(2)16(10-14)23(15(11)9-13)18(21)22-17(19)20/h3-6,9-10H,7-8H2,1-2H3,(H5,19,20,21,22). The molecule has 2 aromatic carbocycles. The topological polar surface area (TPSA) is 91.5 Å². The fourth-order valence-electron chi connectivity index (χ4n) is 2.92. The summed E-state index contributed by atoms with van der Waals surface area (Å²) in [5.41, 5.74) is 17.5. The number of nitrogens with zero attached hydrogens (tertiary/aromatic N) is 2. The second-order valence-electron chi connectivity index (χ2n) is 5.94. The second-order valence-corrected chi connectivity index (χ2v) is 5.94. The summed E-state index contributed by atoms with van der Waals surface area (Å²) in [4.78, 5) is 5.80. The van der Waals surface area contributed by atoms with E-state index in [1.807, 2.05) is 18.7 Å². The summed E-state index contributed by atoms with van der Waals surface area (Å²) in [7, 11) is 0. The Kier molecular flexibility index (Phi) is 3.78. The molecule has 5 N–H and O–H groups in total. The van der Waals surface area contributed by atoms with Crippen LogP contribution in [0.5, 0.6) is 0 Å². The van der Waals surface area contributed by atoms with Gasteiger partial charge in [0.25, 0.3) is 0 Å². The van der Waals surface area contributed by atoms with E-state index >= 15 is 0 Å². The molecule has 1 aliphatic heterocycles. The van der Waals surface area contributed by atoms with Crippen LogP contribution in [0.15, 0.2) is 41.4 Å². The molecule has 0 fully saturated rings. The molecule has 1 aliphatic rings. The third-order valence-corrected chi connectivity index (χ3v) is 4.18. The first-order chi connectivity index (χ1) is 11.0. The van der Waals surface area contributed by atoms with Gasteiger partial charge < -0.3 is 11.5 Å². The monoisotopic (exact) mass is 307 g/mol. The van der Waals surface area contributed by atoms with Crippen molar-refractivity contribution in [3.63, 3.8) is 0 Å². The highest BCUT2D eigenvalue weighted by Gasteiger charge is 2.21. The van der Waals surface area contributed by atoms with E-state index in [9.17, 15) is 0 Å². The van der Waals surface area contributed by atoms with Crippen LogP contribution in [-0.4, -0.2) is 11.9 Å². The normalized spacial score (nSPS) is 12.9. The molecule has 0 aromatic heterocycles. The van der Waals surface area contributed by atoms with Crippen molar-refractivity contribution in [1.82, 2.24) is 0 Å². The summed E-state index contributed by atoms with van der Waals surface area (Å²) in [6, 6.07) is 12.7. The molecule has 0 unspecified atom stereocenters. The van der Waals surface area contributed by atoms with Crippen LogP contribution in [0.25, 0.3) is 0 Å². The number of benzene rings is 2. The molecule has 1 heterocycles. The number of nitrogens with one attached hydrogen (secondary N) is 1. The van der Waals surface area contributed by atoms with Gasteiger partial charge in [0, 0.05) is 0 Å². The van der Waals surface area contributed by atoms with E-state index < -0.39 is 0 Å². The molecule has 118 valence electrons. The van der Waals surface area contributed by atoms with E-state index in [1.54, 1.807) is 0 Å². The third-order valence-electron chi connectivity index (χ3n) is 4.18. The number of hydrogen-bond acceptors (Lipinski definition) is 1. The van der Waals surface area contributed by atoms with Crippen molar-refractivity contribution in [3.8, 4) is 0 Å². The Morgan fingerprint density at radius 2 is 1.43 bits per heavy atom. The zero-order valence-corrected chi connectivity index (χ0v) is 13.4. The average molecular weight is 307 g/mol. The lowest BCUT2D eigenvalue weighted by Crippen LogP contribution is -2.31. The second kappa shape index (κ2) is 5.76. The molecule has 0 aliphatic carbocycles. The smallest absolute Gasteiger partial charge is 0.230 e. The highest BCUT2D eigenvalue weighted by molar-refractivity contribution is 6.07. The highest BCUT2D eigenvalue weighted by Crippen LogP contribution is 2.34. The number of fused-ring (bicyclic) bond motifs is 4. The van der Waals surface area contributed by atoms with Crippen LogP contribution >= 0.6 is 0 Å². The molecule has 0 radical (unpaired) electrons. The number of nitrogens with two attached hydrogens (primary N) is 2. The molecule has 5 nitrogen and oxygen atoms in total. The minimum absolute atomic E-state index is 0.0207. The van der Waals surface area contributed by atoms with Crippen molar-refractivity contribution in [1.29, 1.82) is 5.41 Å². The molecule has 5 heteroatoms. The number of anilines is 2. The van der Waals surface area contributed by atoms with Crippen LogP contribution in [0.1, 0.15) is 22.3 Å². The SMILES string of the molecule is Cc1ccc2cc1N(C(=N)N=C(N)N)c1cc(ccc1C)CC2. The Morgan fingerprint density at radius 1 is 0.957 bits per heavy atom. The van der Waals surface area contributed by atoms with E-state index in [-0.39, 0.29) is 11.9 Å². The molecule has 3 rings (SSSR count). The molecular formula is C18H21N5. The van der Waals surface area contributed by atoms with Gasteiger partial charge in [0.15, 0.2) is 5.96 Å². The number of aryl methyl sites for hydroxylation is 4. The maximum atomic E-state index is 8.38. The van der Waals surface area contributed by atoms with Crippen LogP contribution in [-0.2, 0) is 12.8 Å². The summed E-state index contributed by atoms with van der Waals surface area (Å²) >= 11 is 0. The summed E-state index contributed by atoms with van der Waals surface area (Å²) in [5, 5.41) is 8.38. The highest BCUT2D eigenvalue weighted by atomic mass is 15.3. The van der Waals surface area contributed by atoms with Gasteiger partial charge in [-0.05, 0) is 61.1 Å². The molecule has 0 amide bonds. The van der Waals surface area contributed by atoms with Gasteiger partial charge in [0.1, 0.15) is 0 Å². The molecule has 0 spiro atoms. The lowest BCUT2D eigenvalue weighted by Gasteiger charge is -2.26. The summed E-state index contributed by atoms with van der Waals surface area (Å²) in [5.74, 6) is -0.0927. The minimum atomic E-state index is -0.113. The van der Waals surface area contributed by atoms with Crippen LogP contribution < -0.4 is 16.4 Å². The quantitative estimate of drug-likeness (QED) is 0.516. The van der Waals surface area contributed by atoms with Crippen LogP contribution in [0.3, 0.4) is 0 Å². The van der Waals surface area contributed by atoms with Crippen molar-refractivity contribution >= 4 is 23.3 Å². The number of guanidine groups is 2. The van der Waals surface area contributed by atoms with Gasteiger partial charge in [-0.3, -0.25) is 10.3 Å². The maximum absolute atomic E-state index is 8.38. The Hall–Kier alpha value is -2.82. The van der Waals surface area contributed by atoms with Crippen molar-refractivity contribution in [3.05, 3.63) is 58.7 Å². The maximum Gasteiger partial charge on any atom is 0.230 e. The zero-order chi connectivity index (χ0) is 16.6. The van der Waals surface area contributed by atoms with Gasteiger partial charge >= 0.3 is 0 Å². The van der Waals surface area contributed by atoms with Crippen molar-refractivity contribution < 1.29 is 0 Å². The Labute approximate surface area is 136 Å². The summed E-state index contributed by atoms with van der Waals surface area (Å²) < 4.78 is 0. The first-order valence-corrected chi connectivity index (χ1v) is 7.63. The van der Waals surface area contributed by atoms with E-state index in [0.29, 0.717) is 0 Å². The fraction of sp³-hybridized carbons (Fsp3) is 0.222. The van der Waals surface area contributed by atoms with Crippen molar-refractivity contribution in [2.45, 2.75) is 26.7 Å². The Balaban J connectivity index is 2.28. The number of rotatable bonds is 0. The van der Waals surface area contributed by atoms with Gasteiger partial charge in [-0.1, -0.05) is 24.3 Å². The Bertz CT molecular complexity index is 750. The van der Waals surface area contributed by atoms with E-state index in [2.05, 4.69) is 41.4 Å². The molecule has 2 aromatic rings. The molecule has 4 bridgehead atoms. The average Bonchev–Trinajstić information content (AvgIpc) is 2.54. The fourth-order valence-corrected chi connectivity index (χ4v) is 2.92. The molecule has 0 saturated carbocycles. The third kappa shape index (κ3) is 2.90. The van der Waals surface area contributed by atoms with E-state index in [4.69, 9.17) is 16.9 Å². The van der Waals surface area contributed by atoms with Crippen LogP contribution in [0.2, 0.25) is 0 Å². The minimum Gasteiger partial charge on any atom is -0.370 e. The predicted octanol–water partition coefficient (Wildman–Crippen LogP) is 2.75. The van der Waals surface area contributed by atoms with Crippen molar-refractivity contribution in [2.24, 2.45) is 16.5 Å². The summed E-state index contributed by atoms with van der Waals surface area (Å²) in [6.45, 7) is 4.07. The number of aliphatic imine (C=N–C) groups is 1. The first kappa shape index (κ1) is 15.1. The number of hydrogen-bond donors (Lipinski definition) is 3. The molecule has 0 saturated heterocycles. The largest absolute Gasteiger partial charge is 0.370 e. The van der Waals surface area contributed by atoms with Gasteiger partial charge in [0.2, 0.25) is 5.96 Å². The van der Waals surface area contributed by atoms with Crippen LogP contribution in [0.4, 0.5) is 11.4 Å². The van der Waals surface area contributed by atoms with E-state index in [0.717, 1.165) is 35.3 Å². The Morgan fingerprint density at radius 3 is 1.87 bits per heavy atom. The molecule has 0 atom stereocenters. The lowest BCUT2D eigenvalue weighted by atomic mass is 10.0. The van der Waals surface area contributed by atoms with Gasteiger partial charge in [-0.2, -0.15) is 4.99 Å². The van der Waals surface area contributed by atoms with Gasteiger partial charge in [-0.15, -0.1) is 0 Å². The van der Waals surface area contributed by atoms with E-state index in [1.165, 1.54) is 11.1 Å². The summed E-state index contributed by atoms with van der Waals surface area (Å²) in [6.07, 6.45) is 1.94. The van der Waals surface area contributed by atoms with Crippen LogP contribution in [0, 0.1) is 19.3 Å². The molecule has 23 heavy (non-hydrogen) atoms. The first-order valence-electron chi connectivity index (χ1n) is 7.63. The van der Waals surface area contributed by atoms with Crippen molar-refractivity contribution in [2.75, 3.05) is 4.90 Å². The van der Waals surface area contributed by atoms with Gasteiger partial charge in [-0.25, -0.2) is 0 Å². The predicted molar refractivity (Wildman–Crippen MR) is 95.4 cm³/mol. The molecular weight excluding hydrogens is 286 g/mol. The van der Waals surface area contributed by atoms with Gasteiger partial charge in [0.05, 0.1) is 11.4 Å². The zero-order valence-electron chi connectivity index (χ0n) is 13.4. The lowest BCUT2D eigenvalue weighted by molar-refractivity contribution is 0.962.